The standard InChI is InChI=1S/C20H24N4O4S/c1-2-28-20(27)24-10-8-15(9-11-24)21-17(25)12-16-13-29-19(22-16)23-18(26)14-6-4-3-5-7-14/h3-7,13,15H,2,8-12H2,1H3,(H,21,25)(H,22,23,26). The number of carbonyl (C=O) groups excluding carboxylic acids is 3. The van der Waals surface area contributed by atoms with E-state index in [2.05, 4.69) is 15.6 Å². The molecule has 1 aliphatic rings. The molecule has 0 saturated carbocycles. The fraction of sp³-hybridized carbons (Fsp3) is 0.400. The summed E-state index contributed by atoms with van der Waals surface area (Å²) >= 11 is 1.29. The molecule has 2 N–H and O–H groups in total. The minimum Gasteiger partial charge on any atom is -0.450 e. The van der Waals surface area contributed by atoms with E-state index >= 15 is 0 Å². The number of ether oxygens (including phenoxy) is 1. The summed E-state index contributed by atoms with van der Waals surface area (Å²) in [4.78, 5) is 42.2. The Hall–Kier alpha value is -2.94. The number of thiazole rings is 1. The maximum atomic E-state index is 12.3. The zero-order valence-electron chi connectivity index (χ0n) is 16.2. The first-order chi connectivity index (χ1) is 14.0. The first-order valence-corrected chi connectivity index (χ1v) is 10.4. The number of anilines is 1. The number of aromatic nitrogens is 1. The molecule has 9 heteroatoms. The lowest BCUT2D eigenvalue weighted by molar-refractivity contribution is -0.121. The summed E-state index contributed by atoms with van der Waals surface area (Å²) < 4.78 is 5.00. The van der Waals surface area contributed by atoms with Crippen LogP contribution in [0.25, 0.3) is 0 Å². The van der Waals surface area contributed by atoms with E-state index in [1.54, 1.807) is 41.5 Å². The molecule has 3 rings (SSSR count). The highest BCUT2D eigenvalue weighted by Gasteiger charge is 2.24. The van der Waals surface area contributed by atoms with E-state index in [9.17, 15) is 14.4 Å². The summed E-state index contributed by atoms with van der Waals surface area (Å²) in [7, 11) is 0. The number of nitrogens with one attached hydrogen (secondary N) is 2. The Bertz CT molecular complexity index is 847. The van der Waals surface area contributed by atoms with Crippen LogP contribution < -0.4 is 10.6 Å². The van der Waals surface area contributed by atoms with E-state index in [4.69, 9.17) is 4.74 Å². The summed E-state index contributed by atoms with van der Waals surface area (Å²) in [5.41, 5.74) is 1.16. The zero-order chi connectivity index (χ0) is 20.6. The summed E-state index contributed by atoms with van der Waals surface area (Å²) in [6.07, 6.45) is 1.24. The average Bonchev–Trinajstić information content (AvgIpc) is 3.15. The van der Waals surface area contributed by atoms with E-state index in [-0.39, 0.29) is 30.4 Å². The van der Waals surface area contributed by atoms with Crippen molar-refractivity contribution in [1.82, 2.24) is 15.2 Å². The molecule has 0 atom stereocenters. The average molecular weight is 417 g/mol. The van der Waals surface area contributed by atoms with Gasteiger partial charge in [-0.25, -0.2) is 9.78 Å². The van der Waals surface area contributed by atoms with Crippen molar-refractivity contribution in [3.63, 3.8) is 0 Å². The van der Waals surface area contributed by atoms with E-state index < -0.39 is 0 Å². The smallest absolute Gasteiger partial charge is 0.409 e. The summed E-state index contributed by atoms with van der Waals surface area (Å²) in [5, 5.41) is 7.97. The highest BCUT2D eigenvalue weighted by atomic mass is 32.1. The maximum Gasteiger partial charge on any atom is 0.409 e. The van der Waals surface area contributed by atoms with Crippen molar-refractivity contribution in [1.29, 1.82) is 0 Å². The van der Waals surface area contributed by atoms with Crippen molar-refractivity contribution < 1.29 is 19.1 Å². The molecule has 1 saturated heterocycles. The van der Waals surface area contributed by atoms with E-state index in [1.807, 2.05) is 6.07 Å². The van der Waals surface area contributed by atoms with Crippen molar-refractivity contribution >= 4 is 34.4 Å². The molecular weight excluding hydrogens is 392 g/mol. The van der Waals surface area contributed by atoms with Crippen LogP contribution >= 0.6 is 11.3 Å². The van der Waals surface area contributed by atoms with E-state index in [0.29, 0.717) is 48.9 Å². The van der Waals surface area contributed by atoms with Gasteiger partial charge < -0.3 is 15.0 Å². The van der Waals surface area contributed by atoms with Crippen LogP contribution in [0.15, 0.2) is 35.7 Å². The van der Waals surface area contributed by atoms with Gasteiger partial charge in [-0.1, -0.05) is 18.2 Å². The third kappa shape index (κ3) is 6.02. The number of amides is 3. The van der Waals surface area contributed by atoms with Crippen LogP contribution in [-0.2, 0) is 16.0 Å². The number of nitrogens with zero attached hydrogens (tertiary/aromatic N) is 2. The van der Waals surface area contributed by atoms with Gasteiger partial charge in [0, 0.05) is 30.1 Å². The molecule has 1 aromatic carbocycles. The molecule has 3 amide bonds. The number of hydrogen-bond acceptors (Lipinski definition) is 6. The van der Waals surface area contributed by atoms with E-state index in [0.717, 1.165) is 0 Å². The van der Waals surface area contributed by atoms with Gasteiger partial charge in [0.25, 0.3) is 5.91 Å². The van der Waals surface area contributed by atoms with Crippen LogP contribution in [-0.4, -0.2) is 53.5 Å². The van der Waals surface area contributed by atoms with Gasteiger partial charge in [0.05, 0.1) is 18.7 Å². The predicted octanol–water partition coefficient (Wildman–Crippen LogP) is 2.68. The second kappa shape index (κ2) is 10.0. The maximum absolute atomic E-state index is 12.3. The lowest BCUT2D eigenvalue weighted by Gasteiger charge is -2.31. The number of piperidine rings is 1. The predicted molar refractivity (Wildman–Crippen MR) is 110 cm³/mol. The Morgan fingerprint density at radius 2 is 1.93 bits per heavy atom. The van der Waals surface area contributed by atoms with Gasteiger partial charge in [-0.05, 0) is 31.9 Å². The molecule has 1 fully saturated rings. The molecule has 0 bridgehead atoms. The monoisotopic (exact) mass is 416 g/mol. The molecule has 0 spiro atoms. The van der Waals surface area contributed by atoms with E-state index in [1.165, 1.54) is 11.3 Å². The van der Waals surface area contributed by atoms with Crippen LogP contribution in [0.2, 0.25) is 0 Å². The van der Waals surface area contributed by atoms with Gasteiger partial charge in [-0.15, -0.1) is 11.3 Å². The molecule has 29 heavy (non-hydrogen) atoms. The van der Waals surface area contributed by atoms with Crippen molar-refractivity contribution in [3.8, 4) is 0 Å². The molecule has 1 aliphatic heterocycles. The van der Waals surface area contributed by atoms with Crippen LogP contribution in [0.3, 0.4) is 0 Å². The molecule has 0 radical (unpaired) electrons. The van der Waals surface area contributed by atoms with Gasteiger partial charge in [-0.3, -0.25) is 14.9 Å². The summed E-state index contributed by atoms with van der Waals surface area (Å²) in [5.74, 6) is -0.352. The lowest BCUT2D eigenvalue weighted by atomic mass is 10.1. The van der Waals surface area contributed by atoms with Crippen molar-refractivity contribution in [2.24, 2.45) is 0 Å². The summed E-state index contributed by atoms with van der Waals surface area (Å²) in [6, 6.07) is 8.92. The number of rotatable bonds is 6. The zero-order valence-corrected chi connectivity index (χ0v) is 17.0. The third-order valence-electron chi connectivity index (χ3n) is 4.54. The van der Waals surface area contributed by atoms with Gasteiger partial charge in [0.2, 0.25) is 5.91 Å². The fourth-order valence-corrected chi connectivity index (χ4v) is 3.77. The topological polar surface area (TPSA) is 101 Å². The number of carbonyl (C=O) groups is 3. The largest absolute Gasteiger partial charge is 0.450 e. The number of hydrogen-bond donors (Lipinski definition) is 2. The second-order valence-corrected chi connectivity index (χ2v) is 7.53. The Balaban J connectivity index is 1.44. The molecule has 154 valence electrons. The Morgan fingerprint density at radius 3 is 2.62 bits per heavy atom. The van der Waals surface area contributed by atoms with Crippen LogP contribution in [0.4, 0.5) is 9.93 Å². The quantitative estimate of drug-likeness (QED) is 0.754. The molecular formula is C20H24N4O4S. The number of benzene rings is 1. The minimum atomic E-state index is -0.301. The molecule has 0 unspecified atom stereocenters. The van der Waals surface area contributed by atoms with Crippen LogP contribution in [0, 0.1) is 0 Å². The van der Waals surface area contributed by atoms with Crippen LogP contribution in [0.1, 0.15) is 35.8 Å². The van der Waals surface area contributed by atoms with Gasteiger partial charge in [0.1, 0.15) is 0 Å². The first-order valence-electron chi connectivity index (χ1n) is 9.57. The summed E-state index contributed by atoms with van der Waals surface area (Å²) in [6.45, 7) is 3.27. The van der Waals surface area contributed by atoms with Crippen molar-refractivity contribution in [3.05, 3.63) is 47.0 Å². The Kier molecular flexibility index (Phi) is 7.18. The van der Waals surface area contributed by atoms with Gasteiger partial charge in [-0.2, -0.15) is 0 Å². The number of likely N-dealkylation sites (tertiary alicyclic amines) is 1. The van der Waals surface area contributed by atoms with Crippen LogP contribution in [0.5, 0.6) is 0 Å². The SMILES string of the molecule is CCOC(=O)N1CCC(NC(=O)Cc2csc(NC(=O)c3ccccc3)n2)CC1. The Morgan fingerprint density at radius 1 is 1.21 bits per heavy atom. The Labute approximate surface area is 173 Å². The fourth-order valence-electron chi connectivity index (χ4n) is 3.07. The first kappa shape index (κ1) is 20.8. The normalized spacial score (nSPS) is 14.3. The third-order valence-corrected chi connectivity index (χ3v) is 5.34. The molecule has 1 aromatic heterocycles. The highest BCUT2D eigenvalue weighted by Crippen LogP contribution is 2.17. The molecule has 2 aromatic rings. The van der Waals surface area contributed by atoms with Gasteiger partial charge >= 0.3 is 6.09 Å². The van der Waals surface area contributed by atoms with Gasteiger partial charge in [0.15, 0.2) is 5.13 Å². The lowest BCUT2D eigenvalue weighted by Crippen LogP contribution is -2.47. The second-order valence-electron chi connectivity index (χ2n) is 6.67. The van der Waals surface area contributed by atoms with Crippen molar-refractivity contribution in [2.45, 2.75) is 32.2 Å². The minimum absolute atomic E-state index is 0.0315. The molecule has 8 nitrogen and oxygen atoms in total. The highest BCUT2D eigenvalue weighted by molar-refractivity contribution is 7.14. The molecule has 2 heterocycles. The molecule has 0 aliphatic carbocycles. The van der Waals surface area contributed by atoms with Crippen molar-refractivity contribution in [2.75, 3.05) is 25.0 Å².